The molecule has 0 unspecified atom stereocenters. The number of fused-ring (bicyclic) bond motifs is 5. The topological polar surface area (TPSA) is 55.8 Å². The molecule has 198 valence electrons. The second kappa shape index (κ2) is 9.97. The van der Waals surface area contributed by atoms with Crippen LogP contribution in [0.2, 0.25) is 0 Å². The first-order chi connectivity index (χ1) is 16.5. The van der Waals surface area contributed by atoms with Crippen molar-refractivity contribution < 1.29 is 19.7 Å². The van der Waals surface area contributed by atoms with Crippen molar-refractivity contribution in [3.63, 3.8) is 0 Å². The molecular weight excluding hydrogens is 436 g/mol. The Bertz CT molecular complexity index is 832. The molecule has 10 atom stereocenters. The number of rotatable bonds is 7. The lowest BCUT2D eigenvalue weighted by Gasteiger charge is -2.62. The number of carbonyl (C=O) groups is 1. The Morgan fingerprint density at radius 1 is 1.09 bits per heavy atom. The fraction of sp³-hybridized carbons (Fsp3) is 0.839. The molecule has 3 fully saturated rings. The molecule has 35 heavy (non-hydrogen) atoms. The number of hydrogen-bond donors (Lipinski definition) is 1. The van der Waals surface area contributed by atoms with Crippen molar-refractivity contribution in [1.82, 2.24) is 0 Å². The van der Waals surface area contributed by atoms with Crippen molar-refractivity contribution in [2.45, 2.75) is 112 Å². The highest BCUT2D eigenvalue weighted by Gasteiger charge is 2.64. The van der Waals surface area contributed by atoms with E-state index in [1.807, 2.05) is 0 Å². The molecule has 0 radical (unpaired) electrons. The highest BCUT2D eigenvalue weighted by atomic mass is 17.1. The summed E-state index contributed by atoms with van der Waals surface area (Å²) in [6.45, 7) is 15.8. The van der Waals surface area contributed by atoms with Crippen molar-refractivity contribution in [2.75, 3.05) is 0 Å². The molecule has 0 aliphatic heterocycles. The Hall–Kier alpha value is -1.13. The van der Waals surface area contributed by atoms with Crippen molar-refractivity contribution in [3.8, 4) is 0 Å². The van der Waals surface area contributed by atoms with Gasteiger partial charge in [0.25, 0.3) is 0 Å². The van der Waals surface area contributed by atoms with Crippen LogP contribution in [0.15, 0.2) is 24.3 Å². The zero-order valence-corrected chi connectivity index (χ0v) is 23.3. The van der Waals surface area contributed by atoms with E-state index in [-0.39, 0.29) is 17.5 Å². The summed E-state index contributed by atoms with van der Waals surface area (Å²) in [5.74, 6) is 4.17. The summed E-state index contributed by atoms with van der Waals surface area (Å²) >= 11 is 0. The van der Waals surface area contributed by atoms with E-state index in [1.165, 1.54) is 39.0 Å². The van der Waals surface area contributed by atoms with Gasteiger partial charge in [-0.1, -0.05) is 65.8 Å². The highest BCUT2D eigenvalue weighted by Crippen LogP contribution is 2.68. The summed E-state index contributed by atoms with van der Waals surface area (Å²) in [4.78, 5) is 16.9. The molecule has 0 saturated heterocycles. The van der Waals surface area contributed by atoms with E-state index in [0.29, 0.717) is 47.3 Å². The summed E-state index contributed by atoms with van der Waals surface area (Å²) in [5, 5.41) is 10.2. The first kappa shape index (κ1) is 26.9. The smallest absolute Gasteiger partial charge is 0.302 e. The fourth-order valence-electron chi connectivity index (χ4n) is 9.27. The first-order valence-electron chi connectivity index (χ1n) is 14.4. The average molecular weight is 487 g/mol. The Kier molecular flexibility index (Phi) is 7.67. The standard InChI is InChI=1S/C31H50O4/c1-8-23(20(2)3)10-9-21(4)26-11-12-27-25-14-18-31(35-33)19-24(34-22(5)32)13-17-30(31,7)28(25)15-16-29(26,27)6/h9-10,14,18,20-21,23-28,33H,8,11-13,15-17,19H2,1-7H3/b10-9+/t21-,23-,24+,25+,26-,27+,28+,29-,30-,31-/m1/s1. The molecule has 4 rings (SSSR count). The van der Waals surface area contributed by atoms with Crippen molar-refractivity contribution >= 4 is 5.97 Å². The summed E-state index contributed by atoms with van der Waals surface area (Å²) in [6, 6.07) is 0. The predicted octanol–water partition coefficient (Wildman–Crippen LogP) is 7.84. The van der Waals surface area contributed by atoms with Crippen LogP contribution in [0.3, 0.4) is 0 Å². The normalized spacial score (nSPS) is 44.5. The number of hydrogen-bond acceptors (Lipinski definition) is 4. The number of allylic oxidation sites excluding steroid dienone is 3. The van der Waals surface area contributed by atoms with Gasteiger partial charge in [-0.25, -0.2) is 4.89 Å². The summed E-state index contributed by atoms with van der Waals surface area (Å²) in [5.41, 5.74) is -0.547. The van der Waals surface area contributed by atoms with Crippen LogP contribution in [0, 0.1) is 52.3 Å². The highest BCUT2D eigenvalue weighted by molar-refractivity contribution is 5.66. The Morgan fingerprint density at radius 3 is 2.46 bits per heavy atom. The molecule has 1 N–H and O–H groups in total. The van der Waals surface area contributed by atoms with E-state index in [0.717, 1.165) is 18.8 Å². The third-order valence-corrected chi connectivity index (χ3v) is 11.4. The maximum absolute atomic E-state index is 11.6. The van der Waals surface area contributed by atoms with E-state index >= 15 is 0 Å². The number of esters is 1. The Morgan fingerprint density at radius 2 is 1.83 bits per heavy atom. The first-order valence-corrected chi connectivity index (χ1v) is 14.4. The predicted molar refractivity (Wildman–Crippen MR) is 141 cm³/mol. The fourth-order valence-corrected chi connectivity index (χ4v) is 9.27. The van der Waals surface area contributed by atoms with Crippen LogP contribution in [0.25, 0.3) is 0 Å². The van der Waals surface area contributed by atoms with Crippen molar-refractivity contribution in [3.05, 3.63) is 24.3 Å². The molecule has 0 aromatic carbocycles. The van der Waals surface area contributed by atoms with Gasteiger partial charge in [-0.2, -0.15) is 0 Å². The van der Waals surface area contributed by atoms with E-state index < -0.39 is 5.60 Å². The molecular formula is C31H50O4. The second-order valence-electron chi connectivity index (χ2n) is 13.3. The third kappa shape index (κ3) is 4.45. The summed E-state index contributed by atoms with van der Waals surface area (Å²) in [7, 11) is 0. The van der Waals surface area contributed by atoms with Gasteiger partial charge in [0.15, 0.2) is 0 Å². The van der Waals surface area contributed by atoms with Gasteiger partial charge in [0, 0.05) is 18.8 Å². The third-order valence-electron chi connectivity index (χ3n) is 11.4. The largest absolute Gasteiger partial charge is 0.462 e. The van der Waals surface area contributed by atoms with Gasteiger partial charge >= 0.3 is 5.97 Å². The minimum absolute atomic E-state index is 0.144. The maximum atomic E-state index is 11.6. The lowest BCUT2D eigenvalue weighted by Crippen LogP contribution is -2.62. The molecule has 3 saturated carbocycles. The van der Waals surface area contributed by atoms with E-state index in [9.17, 15) is 10.1 Å². The lowest BCUT2D eigenvalue weighted by molar-refractivity contribution is -0.361. The molecule has 0 aromatic rings. The van der Waals surface area contributed by atoms with Gasteiger partial charge in [0.05, 0.1) is 0 Å². The molecule has 4 nitrogen and oxygen atoms in total. The molecule has 4 heteroatoms. The van der Waals surface area contributed by atoms with Crippen LogP contribution in [0.5, 0.6) is 0 Å². The van der Waals surface area contributed by atoms with Gasteiger partial charge in [-0.15, -0.1) is 0 Å². The number of carbonyl (C=O) groups excluding carboxylic acids is 1. The van der Waals surface area contributed by atoms with Crippen LogP contribution in [-0.2, 0) is 14.4 Å². The minimum Gasteiger partial charge on any atom is -0.462 e. The zero-order chi connectivity index (χ0) is 25.6. The quantitative estimate of drug-likeness (QED) is 0.172. The lowest BCUT2D eigenvalue weighted by atomic mass is 9.45. The molecule has 0 amide bonds. The van der Waals surface area contributed by atoms with Crippen LogP contribution < -0.4 is 0 Å². The SMILES string of the molecule is CC[C@H](/C=C/[C@@H](C)[C@H]1CC[C@H]2[C@@H]3C=C[C@@]4(OO)C[C@@H](OC(C)=O)CC[C@]4(C)[C@H]3CC[C@]12C)C(C)C. The summed E-state index contributed by atoms with van der Waals surface area (Å²) < 4.78 is 5.57. The molecule has 0 bridgehead atoms. The van der Waals surface area contributed by atoms with Crippen molar-refractivity contribution in [1.29, 1.82) is 0 Å². The van der Waals surface area contributed by atoms with Gasteiger partial charge in [-0.3, -0.25) is 10.1 Å². The molecule has 0 aromatic heterocycles. The Labute approximate surface area is 213 Å². The van der Waals surface area contributed by atoms with Crippen LogP contribution in [0.1, 0.15) is 99.8 Å². The molecule has 4 aliphatic carbocycles. The molecule has 0 heterocycles. The van der Waals surface area contributed by atoms with Crippen LogP contribution in [-0.4, -0.2) is 22.9 Å². The summed E-state index contributed by atoms with van der Waals surface area (Å²) in [6.07, 6.45) is 18.0. The monoisotopic (exact) mass is 486 g/mol. The van der Waals surface area contributed by atoms with Gasteiger partial charge in [-0.05, 0) is 91.8 Å². The van der Waals surface area contributed by atoms with Gasteiger partial charge in [0.2, 0.25) is 0 Å². The second-order valence-corrected chi connectivity index (χ2v) is 13.3. The van der Waals surface area contributed by atoms with Gasteiger partial charge < -0.3 is 4.74 Å². The maximum Gasteiger partial charge on any atom is 0.302 e. The van der Waals surface area contributed by atoms with Gasteiger partial charge in [0.1, 0.15) is 11.7 Å². The van der Waals surface area contributed by atoms with Crippen LogP contribution >= 0.6 is 0 Å². The number of ether oxygens (including phenoxy) is 1. The molecule has 4 aliphatic rings. The minimum atomic E-state index is -0.764. The van der Waals surface area contributed by atoms with E-state index in [2.05, 4.69) is 65.8 Å². The van der Waals surface area contributed by atoms with Crippen molar-refractivity contribution in [2.24, 2.45) is 52.3 Å². The molecule has 0 spiro atoms. The van der Waals surface area contributed by atoms with E-state index in [1.54, 1.807) is 0 Å². The van der Waals surface area contributed by atoms with E-state index in [4.69, 9.17) is 9.62 Å². The zero-order valence-electron chi connectivity index (χ0n) is 23.3. The van der Waals surface area contributed by atoms with Crippen LogP contribution in [0.4, 0.5) is 0 Å². The Balaban J connectivity index is 1.56. The average Bonchev–Trinajstić information content (AvgIpc) is 3.16.